The molecule has 1 N–H and O–H groups in total. The minimum Gasteiger partial charge on any atom is -0.496 e. The van der Waals surface area contributed by atoms with Crippen molar-refractivity contribution in [3.05, 3.63) is 87.8 Å². The molecule has 0 bridgehead atoms. The number of dihydropyridines is 1. The van der Waals surface area contributed by atoms with Crippen LogP contribution in [0.25, 0.3) is 0 Å². The van der Waals surface area contributed by atoms with Crippen LogP contribution in [0.5, 0.6) is 5.75 Å². The van der Waals surface area contributed by atoms with Crippen molar-refractivity contribution >= 4 is 17.7 Å². The van der Waals surface area contributed by atoms with Crippen molar-refractivity contribution in [3.63, 3.8) is 0 Å². The van der Waals surface area contributed by atoms with Gasteiger partial charge in [0.25, 0.3) is 0 Å². The lowest BCUT2D eigenvalue weighted by molar-refractivity contribution is -0.152. The first-order chi connectivity index (χ1) is 17.8. The SMILES string of the molecule is CCOC(=O)C1=C(C)NC2=C(C(=O)[C@H](C(=O)OCC)[C@H](c3ccccc3OC)C2)[C@H]1c1ccccc1C. The Balaban J connectivity index is 1.94. The third-order valence-electron chi connectivity index (χ3n) is 7.09. The fourth-order valence-corrected chi connectivity index (χ4v) is 5.50. The van der Waals surface area contributed by atoms with Crippen LogP contribution in [0.3, 0.4) is 0 Å². The number of esters is 2. The molecule has 1 aliphatic heterocycles. The molecule has 0 fully saturated rings. The van der Waals surface area contributed by atoms with E-state index in [2.05, 4.69) is 5.32 Å². The van der Waals surface area contributed by atoms with Gasteiger partial charge in [0.05, 0.1) is 25.9 Å². The lowest BCUT2D eigenvalue weighted by Crippen LogP contribution is -2.43. The van der Waals surface area contributed by atoms with Crippen LogP contribution >= 0.6 is 0 Å². The van der Waals surface area contributed by atoms with E-state index in [1.54, 1.807) is 21.0 Å². The monoisotopic (exact) mass is 503 g/mol. The number of carbonyl (C=O) groups is 3. The number of methoxy groups -OCH3 is 1. The Morgan fingerprint density at radius 2 is 1.59 bits per heavy atom. The molecular formula is C30H33NO6. The third-order valence-corrected chi connectivity index (χ3v) is 7.09. The highest BCUT2D eigenvalue weighted by Gasteiger charge is 2.49. The Morgan fingerprint density at radius 1 is 0.946 bits per heavy atom. The maximum absolute atomic E-state index is 14.4. The summed E-state index contributed by atoms with van der Waals surface area (Å²) in [6.07, 6.45) is 0.376. The van der Waals surface area contributed by atoms with Crippen molar-refractivity contribution in [1.82, 2.24) is 5.32 Å². The Kier molecular flexibility index (Phi) is 7.81. The number of ketones is 1. The molecule has 7 nitrogen and oxygen atoms in total. The zero-order valence-corrected chi connectivity index (χ0v) is 21.9. The second kappa shape index (κ2) is 11.0. The summed E-state index contributed by atoms with van der Waals surface area (Å²) in [6.45, 7) is 7.59. The Morgan fingerprint density at radius 3 is 2.24 bits per heavy atom. The summed E-state index contributed by atoms with van der Waals surface area (Å²) in [4.78, 5) is 40.9. The normalized spacial score (nSPS) is 21.2. The summed E-state index contributed by atoms with van der Waals surface area (Å²) >= 11 is 0. The highest BCUT2D eigenvalue weighted by molar-refractivity contribution is 6.13. The van der Waals surface area contributed by atoms with E-state index in [1.165, 1.54) is 0 Å². The lowest BCUT2D eigenvalue weighted by atomic mass is 9.66. The maximum Gasteiger partial charge on any atom is 0.336 e. The number of carbonyl (C=O) groups excluding carboxylic acids is 3. The molecule has 3 atom stereocenters. The van der Waals surface area contributed by atoms with Gasteiger partial charge in [0.2, 0.25) is 0 Å². The average molecular weight is 504 g/mol. The van der Waals surface area contributed by atoms with Gasteiger partial charge in [-0.2, -0.15) is 0 Å². The number of aryl methyl sites for hydroxylation is 1. The molecule has 0 unspecified atom stereocenters. The van der Waals surface area contributed by atoms with E-state index in [4.69, 9.17) is 14.2 Å². The average Bonchev–Trinajstić information content (AvgIpc) is 2.88. The van der Waals surface area contributed by atoms with Crippen molar-refractivity contribution in [3.8, 4) is 5.75 Å². The van der Waals surface area contributed by atoms with E-state index in [-0.39, 0.29) is 19.0 Å². The predicted octanol–water partition coefficient (Wildman–Crippen LogP) is 4.72. The second-order valence-electron chi connectivity index (χ2n) is 9.21. The van der Waals surface area contributed by atoms with Gasteiger partial charge in [-0.1, -0.05) is 42.5 Å². The molecule has 2 aliphatic rings. The molecule has 0 saturated carbocycles. The van der Waals surface area contributed by atoms with Gasteiger partial charge in [-0.15, -0.1) is 0 Å². The number of hydrogen-bond donors (Lipinski definition) is 1. The summed E-state index contributed by atoms with van der Waals surface area (Å²) in [5.41, 5.74) is 4.63. The fraction of sp³-hybridized carbons (Fsp3) is 0.367. The number of allylic oxidation sites excluding steroid dienone is 3. The molecule has 2 aromatic rings. The van der Waals surface area contributed by atoms with E-state index in [0.29, 0.717) is 34.7 Å². The minimum atomic E-state index is -1.08. The van der Waals surface area contributed by atoms with Crippen molar-refractivity contribution in [2.24, 2.45) is 5.92 Å². The van der Waals surface area contributed by atoms with Crippen LogP contribution in [0.1, 0.15) is 55.7 Å². The van der Waals surface area contributed by atoms with Crippen LogP contribution in [0, 0.1) is 12.8 Å². The first-order valence-electron chi connectivity index (χ1n) is 12.6. The molecule has 0 saturated heterocycles. The summed E-state index contributed by atoms with van der Waals surface area (Å²) in [5, 5.41) is 3.33. The van der Waals surface area contributed by atoms with Crippen LogP contribution in [-0.4, -0.2) is 38.0 Å². The summed E-state index contributed by atoms with van der Waals surface area (Å²) < 4.78 is 16.4. The molecule has 2 aromatic carbocycles. The molecule has 7 heteroatoms. The first kappa shape index (κ1) is 26.2. The van der Waals surface area contributed by atoms with Crippen molar-refractivity contribution in [1.29, 1.82) is 0 Å². The van der Waals surface area contributed by atoms with Crippen LogP contribution in [-0.2, 0) is 23.9 Å². The third kappa shape index (κ3) is 4.78. The molecule has 0 spiro atoms. The number of rotatable bonds is 7. The maximum atomic E-state index is 14.4. The van der Waals surface area contributed by atoms with Crippen molar-refractivity contribution < 1.29 is 28.6 Å². The zero-order chi connectivity index (χ0) is 26.7. The number of Topliss-reactive ketones (excluding diaryl/α,β-unsaturated/α-hetero) is 1. The molecule has 0 radical (unpaired) electrons. The number of ether oxygens (including phenoxy) is 3. The van der Waals surface area contributed by atoms with E-state index >= 15 is 0 Å². The summed E-state index contributed by atoms with van der Waals surface area (Å²) in [7, 11) is 1.57. The smallest absolute Gasteiger partial charge is 0.336 e. The molecule has 4 rings (SSSR count). The van der Waals surface area contributed by atoms with E-state index in [1.807, 2.05) is 62.4 Å². The zero-order valence-electron chi connectivity index (χ0n) is 21.9. The Hall–Kier alpha value is -3.87. The first-order valence-corrected chi connectivity index (χ1v) is 12.6. The summed E-state index contributed by atoms with van der Waals surface area (Å²) in [5.74, 6) is -3.06. The van der Waals surface area contributed by atoms with Gasteiger partial charge < -0.3 is 19.5 Å². The van der Waals surface area contributed by atoms with Crippen LogP contribution in [0.4, 0.5) is 0 Å². The Labute approximate surface area is 217 Å². The van der Waals surface area contributed by atoms with Gasteiger partial charge >= 0.3 is 11.9 Å². The quantitative estimate of drug-likeness (QED) is 0.432. The number of para-hydroxylation sites is 1. The molecule has 0 amide bonds. The summed E-state index contributed by atoms with van der Waals surface area (Å²) in [6, 6.07) is 15.1. The minimum absolute atomic E-state index is 0.153. The van der Waals surface area contributed by atoms with Gasteiger partial charge in [0.1, 0.15) is 11.7 Å². The van der Waals surface area contributed by atoms with Gasteiger partial charge in [-0.25, -0.2) is 4.79 Å². The number of nitrogens with one attached hydrogen (secondary N) is 1. The van der Waals surface area contributed by atoms with Gasteiger partial charge in [0, 0.05) is 28.8 Å². The largest absolute Gasteiger partial charge is 0.496 e. The van der Waals surface area contributed by atoms with Crippen molar-refractivity contribution in [2.75, 3.05) is 20.3 Å². The van der Waals surface area contributed by atoms with Crippen LogP contribution in [0.15, 0.2) is 71.1 Å². The highest BCUT2D eigenvalue weighted by atomic mass is 16.5. The van der Waals surface area contributed by atoms with E-state index in [0.717, 1.165) is 16.7 Å². The molecular weight excluding hydrogens is 470 g/mol. The van der Waals surface area contributed by atoms with E-state index < -0.39 is 29.7 Å². The Bertz CT molecular complexity index is 1290. The van der Waals surface area contributed by atoms with Gasteiger partial charge in [-0.05, 0) is 56.9 Å². The highest BCUT2D eigenvalue weighted by Crippen LogP contribution is 2.49. The van der Waals surface area contributed by atoms with Gasteiger partial charge in [0.15, 0.2) is 5.78 Å². The van der Waals surface area contributed by atoms with Crippen LogP contribution < -0.4 is 10.1 Å². The topological polar surface area (TPSA) is 90.9 Å². The lowest BCUT2D eigenvalue weighted by Gasteiger charge is -2.40. The molecule has 1 heterocycles. The number of hydrogen-bond acceptors (Lipinski definition) is 7. The molecule has 0 aromatic heterocycles. The number of benzene rings is 2. The van der Waals surface area contributed by atoms with Gasteiger partial charge in [-0.3, -0.25) is 9.59 Å². The predicted molar refractivity (Wildman–Crippen MR) is 139 cm³/mol. The van der Waals surface area contributed by atoms with Crippen molar-refractivity contribution in [2.45, 2.75) is 46.0 Å². The fourth-order valence-electron chi connectivity index (χ4n) is 5.50. The van der Waals surface area contributed by atoms with Crippen LogP contribution in [0.2, 0.25) is 0 Å². The van der Waals surface area contributed by atoms with E-state index in [9.17, 15) is 14.4 Å². The molecule has 194 valence electrons. The molecule has 1 aliphatic carbocycles. The molecule has 37 heavy (non-hydrogen) atoms. The second-order valence-corrected chi connectivity index (χ2v) is 9.21. The standard InChI is InChI=1S/C30H33NO6/c1-6-36-29(33)24-18(4)31-22-16-21(20-14-10-11-15-23(20)35-5)26(30(34)37-7-2)28(32)27(22)25(24)19-13-9-8-12-17(19)3/h8-15,21,25-26,31H,6-7,16H2,1-5H3/t21-,25-,26+/m0/s1.